The van der Waals surface area contributed by atoms with Crippen molar-refractivity contribution in [2.45, 2.75) is 45.7 Å². The maximum absolute atomic E-state index is 4.48. The van der Waals surface area contributed by atoms with Crippen LogP contribution in [0, 0.1) is 5.92 Å². The summed E-state index contributed by atoms with van der Waals surface area (Å²) in [5.74, 6) is 1.69. The minimum Gasteiger partial charge on any atom is -0.354 e. The Balaban J connectivity index is 0.00000280. The number of hydrogen-bond donors (Lipinski definition) is 2. The van der Waals surface area contributed by atoms with E-state index in [1.807, 2.05) is 24.6 Å². The lowest BCUT2D eigenvalue weighted by Gasteiger charge is -2.36. The van der Waals surface area contributed by atoms with Gasteiger partial charge in [-0.3, -0.25) is 9.89 Å². The van der Waals surface area contributed by atoms with Crippen molar-refractivity contribution in [3.05, 3.63) is 38.5 Å². The zero-order valence-corrected chi connectivity index (χ0v) is 20.9. The fraction of sp³-hybridized carbons (Fsp3) is 0.600. The molecule has 2 N–H and O–H groups in total. The second-order valence-corrected chi connectivity index (χ2v) is 9.31. The van der Waals surface area contributed by atoms with Gasteiger partial charge in [-0.1, -0.05) is 19.9 Å². The Morgan fingerprint density at radius 1 is 1.36 bits per heavy atom. The molecular formula is C20H32IN5S2. The highest BCUT2D eigenvalue weighted by atomic mass is 127. The Kier molecular flexibility index (Phi) is 10.2. The van der Waals surface area contributed by atoms with E-state index in [4.69, 9.17) is 0 Å². The number of thiophene rings is 1. The fourth-order valence-electron chi connectivity index (χ4n) is 3.40. The summed E-state index contributed by atoms with van der Waals surface area (Å²) in [5.41, 5.74) is 0. The van der Waals surface area contributed by atoms with Gasteiger partial charge in [-0.25, -0.2) is 4.98 Å². The summed E-state index contributed by atoms with van der Waals surface area (Å²) in [7, 11) is 1.83. The van der Waals surface area contributed by atoms with E-state index in [0.29, 0.717) is 6.04 Å². The second-order valence-electron chi connectivity index (χ2n) is 7.13. The summed E-state index contributed by atoms with van der Waals surface area (Å²) in [6.07, 6.45) is 5.60. The number of rotatable bonds is 7. The number of thiazole rings is 1. The van der Waals surface area contributed by atoms with E-state index in [9.17, 15) is 0 Å². The maximum Gasteiger partial charge on any atom is 0.191 e. The van der Waals surface area contributed by atoms with Crippen molar-refractivity contribution < 1.29 is 0 Å². The Morgan fingerprint density at radius 3 is 2.75 bits per heavy atom. The van der Waals surface area contributed by atoms with Gasteiger partial charge in [0, 0.05) is 29.5 Å². The zero-order valence-electron chi connectivity index (χ0n) is 17.0. The quantitative estimate of drug-likeness (QED) is 0.312. The number of nitrogens with zero attached hydrogens (tertiary/aromatic N) is 3. The molecule has 3 rings (SSSR count). The molecule has 0 aliphatic carbocycles. The predicted octanol–water partition coefficient (Wildman–Crippen LogP) is 4.52. The topological polar surface area (TPSA) is 52.6 Å². The van der Waals surface area contributed by atoms with Gasteiger partial charge in [-0.15, -0.1) is 46.7 Å². The van der Waals surface area contributed by atoms with Crippen molar-refractivity contribution in [2.75, 3.05) is 26.7 Å². The van der Waals surface area contributed by atoms with Crippen LogP contribution >= 0.6 is 46.7 Å². The largest absolute Gasteiger partial charge is 0.354 e. The molecule has 0 bridgehead atoms. The lowest BCUT2D eigenvalue weighted by molar-refractivity contribution is 0.140. The van der Waals surface area contributed by atoms with Gasteiger partial charge in [0.1, 0.15) is 5.01 Å². The van der Waals surface area contributed by atoms with Crippen LogP contribution in [-0.2, 0) is 13.0 Å². The molecule has 2 aromatic rings. The maximum atomic E-state index is 4.48. The molecule has 1 aliphatic rings. The third-order valence-electron chi connectivity index (χ3n) is 5.17. The van der Waals surface area contributed by atoms with Crippen LogP contribution in [0.15, 0.2) is 28.7 Å². The molecule has 28 heavy (non-hydrogen) atoms. The Labute approximate surface area is 194 Å². The summed E-state index contributed by atoms with van der Waals surface area (Å²) in [6, 6.07) is 4.82. The standard InChI is InChI=1S/C20H31N5S2.HI/c1-4-16-12-22-19(27-16)14-24-20(21-3)23-13-17(18-6-5-11-26-18)25-9-7-15(2)8-10-25;/h5-6,11-12,15,17H,4,7-10,13-14H2,1-3H3,(H2,21,23,24);1H. The van der Waals surface area contributed by atoms with Gasteiger partial charge in [0.2, 0.25) is 0 Å². The van der Waals surface area contributed by atoms with E-state index >= 15 is 0 Å². The van der Waals surface area contributed by atoms with Crippen molar-refractivity contribution in [3.63, 3.8) is 0 Å². The van der Waals surface area contributed by atoms with Gasteiger partial charge >= 0.3 is 0 Å². The van der Waals surface area contributed by atoms with Crippen LogP contribution in [0.5, 0.6) is 0 Å². The highest BCUT2D eigenvalue weighted by Gasteiger charge is 2.25. The van der Waals surface area contributed by atoms with E-state index in [0.717, 1.165) is 36.4 Å². The lowest BCUT2D eigenvalue weighted by atomic mass is 9.97. The minimum atomic E-state index is 0. The molecule has 2 aromatic heterocycles. The average Bonchev–Trinajstić information content (AvgIpc) is 3.37. The number of aromatic nitrogens is 1. The van der Waals surface area contributed by atoms with Crippen molar-refractivity contribution in [2.24, 2.45) is 10.9 Å². The zero-order chi connectivity index (χ0) is 19.1. The molecule has 0 saturated carbocycles. The number of hydrogen-bond acceptors (Lipinski definition) is 5. The lowest BCUT2D eigenvalue weighted by Crippen LogP contribution is -2.44. The van der Waals surface area contributed by atoms with Gasteiger partial charge < -0.3 is 10.6 Å². The molecule has 1 fully saturated rings. The molecule has 5 nitrogen and oxygen atoms in total. The van der Waals surface area contributed by atoms with Crippen LogP contribution in [0.4, 0.5) is 0 Å². The van der Waals surface area contributed by atoms with E-state index in [-0.39, 0.29) is 24.0 Å². The smallest absolute Gasteiger partial charge is 0.191 e. The molecule has 1 saturated heterocycles. The van der Waals surface area contributed by atoms with E-state index in [2.05, 4.69) is 56.9 Å². The van der Waals surface area contributed by atoms with Gasteiger partial charge in [0.25, 0.3) is 0 Å². The number of aryl methyl sites for hydroxylation is 1. The molecule has 1 aliphatic heterocycles. The van der Waals surface area contributed by atoms with Crippen molar-refractivity contribution in [1.29, 1.82) is 0 Å². The first-order chi connectivity index (χ1) is 13.2. The molecule has 3 heterocycles. The van der Waals surface area contributed by atoms with E-state index in [1.54, 1.807) is 11.3 Å². The molecule has 156 valence electrons. The second kappa shape index (κ2) is 12.1. The molecule has 0 amide bonds. The molecule has 1 unspecified atom stereocenters. The van der Waals surface area contributed by atoms with Crippen molar-refractivity contribution in [1.82, 2.24) is 20.5 Å². The van der Waals surface area contributed by atoms with E-state index in [1.165, 1.54) is 35.7 Å². The average molecular weight is 534 g/mol. The minimum absolute atomic E-state index is 0. The molecule has 8 heteroatoms. The Morgan fingerprint density at radius 2 is 2.14 bits per heavy atom. The van der Waals surface area contributed by atoms with Crippen LogP contribution < -0.4 is 10.6 Å². The van der Waals surface area contributed by atoms with Crippen LogP contribution in [0.25, 0.3) is 0 Å². The highest BCUT2D eigenvalue weighted by molar-refractivity contribution is 14.0. The summed E-state index contributed by atoms with van der Waals surface area (Å²) in [4.78, 5) is 14.3. The molecule has 0 aromatic carbocycles. The van der Waals surface area contributed by atoms with Crippen LogP contribution in [0.2, 0.25) is 0 Å². The molecular weight excluding hydrogens is 501 g/mol. The summed E-state index contributed by atoms with van der Waals surface area (Å²) in [6.45, 7) is 8.47. The van der Waals surface area contributed by atoms with Crippen LogP contribution in [0.3, 0.4) is 0 Å². The fourth-order valence-corrected chi connectivity index (χ4v) is 5.06. The number of piperidine rings is 1. The first kappa shape index (κ1) is 23.6. The first-order valence-electron chi connectivity index (χ1n) is 9.85. The SMILES string of the molecule is CCc1cnc(CNC(=NC)NCC(c2cccs2)N2CCC(C)CC2)s1.I. The number of likely N-dealkylation sites (tertiary alicyclic amines) is 1. The van der Waals surface area contributed by atoms with Crippen molar-refractivity contribution >= 4 is 52.6 Å². The number of halogens is 1. The number of aliphatic imine (C=N–C) groups is 1. The Hall–Kier alpha value is -0.710. The van der Waals surface area contributed by atoms with Crippen LogP contribution in [-0.4, -0.2) is 42.5 Å². The van der Waals surface area contributed by atoms with Gasteiger partial charge in [0.05, 0.1) is 12.6 Å². The number of guanidine groups is 1. The van der Waals surface area contributed by atoms with E-state index < -0.39 is 0 Å². The third-order valence-corrected chi connectivity index (χ3v) is 7.29. The van der Waals surface area contributed by atoms with Gasteiger partial charge in [0.15, 0.2) is 5.96 Å². The predicted molar refractivity (Wildman–Crippen MR) is 132 cm³/mol. The highest BCUT2D eigenvalue weighted by Crippen LogP contribution is 2.29. The molecule has 1 atom stereocenters. The van der Waals surface area contributed by atoms with Crippen LogP contribution in [0.1, 0.15) is 47.5 Å². The Bertz CT molecular complexity index is 708. The summed E-state index contributed by atoms with van der Waals surface area (Å²) in [5, 5.41) is 10.2. The summed E-state index contributed by atoms with van der Waals surface area (Å²) >= 11 is 3.62. The monoisotopic (exact) mass is 533 g/mol. The normalized spacial score (nSPS) is 17.2. The van der Waals surface area contributed by atoms with Gasteiger partial charge in [-0.2, -0.15) is 0 Å². The third kappa shape index (κ3) is 6.67. The summed E-state index contributed by atoms with van der Waals surface area (Å²) < 4.78 is 0. The molecule has 0 radical (unpaired) electrons. The van der Waals surface area contributed by atoms with Crippen molar-refractivity contribution in [3.8, 4) is 0 Å². The van der Waals surface area contributed by atoms with Gasteiger partial charge in [-0.05, 0) is 49.7 Å². The number of nitrogens with one attached hydrogen (secondary N) is 2. The first-order valence-corrected chi connectivity index (χ1v) is 11.5. The molecule has 0 spiro atoms.